The zero-order valence-corrected chi connectivity index (χ0v) is 20.9. The standard InChI is InChI=1S/C24H33N5O4S/c1-15(2)32-22-11-8-16(14-20(22)25)24-26-23(27-33-24)19-7-5-6-18-17(19)9-10-21(18)28-34(30,31)13-12-29(3)4/h5-8,11,14-15,17,19,21,28H,9-10,12-13,25H2,1-4H3/t17?,19?,21-/m0/s1. The SMILES string of the molecule is CC(C)Oc1ccc(-c2nc(C3C=CC=C4C3CC[C@@H]4NS(=O)(=O)CCN(C)C)no2)cc1N. The maximum Gasteiger partial charge on any atom is 0.258 e. The van der Waals surface area contributed by atoms with E-state index in [9.17, 15) is 8.42 Å². The summed E-state index contributed by atoms with van der Waals surface area (Å²) in [5.74, 6) is 1.72. The Hall–Kier alpha value is -2.69. The number of sulfonamides is 1. The van der Waals surface area contributed by atoms with Gasteiger partial charge in [0.25, 0.3) is 5.89 Å². The van der Waals surface area contributed by atoms with E-state index in [1.165, 1.54) is 0 Å². The van der Waals surface area contributed by atoms with Crippen LogP contribution in [0.2, 0.25) is 0 Å². The zero-order chi connectivity index (χ0) is 24.5. The Morgan fingerprint density at radius 3 is 2.79 bits per heavy atom. The minimum absolute atomic E-state index is 0.0243. The van der Waals surface area contributed by atoms with E-state index in [4.69, 9.17) is 15.0 Å². The number of aromatic nitrogens is 2. The zero-order valence-electron chi connectivity index (χ0n) is 20.1. The van der Waals surface area contributed by atoms with Crippen molar-refractivity contribution in [2.75, 3.05) is 32.1 Å². The first kappa shape index (κ1) is 24.4. The minimum atomic E-state index is -3.37. The van der Waals surface area contributed by atoms with Crippen LogP contribution in [0.1, 0.15) is 38.4 Å². The van der Waals surface area contributed by atoms with Crippen molar-refractivity contribution in [1.82, 2.24) is 19.8 Å². The van der Waals surface area contributed by atoms with Crippen molar-refractivity contribution >= 4 is 15.7 Å². The number of fused-ring (bicyclic) bond motifs is 1. The molecule has 2 unspecified atom stereocenters. The van der Waals surface area contributed by atoms with Crippen LogP contribution < -0.4 is 15.2 Å². The second-order valence-corrected chi connectivity index (χ2v) is 11.3. The third-order valence-corrected chi connectivity index (χ3v) is 7.49. The number of anilines is 1. The molecule has 0 saturated heterocycles. The highest BCUT2D eigenvalue weighted by molar-refractivity contribution is 7.89. The fourth-order valence-corrected chi connectivity index (χ4v) is 5.90. The summed E-state index contributed by atoms with van der Waals surface area (Å²) in [6.07, 6.45) is 7.64. The molecule has 3 atom stereocenters. The number of allylic oxidation sites excluding steroid dienone is 3. The minimum Gasteiger partial charge on any atom is -0.489 e. The molecular formula is C24H33N5O4S. The van der Waals surface area contributed by atoms with Crippen LogP contribution in [0.4, 0.5) is 5.69 Å². The van der Waals surface area contributed by atoms with Crippen LogP contribution in [0.25, 0.3) is 11.5 Å². The normalized spacial score (nSPS) is 22.3. The maximum absolute atomic E-state index is 12.5. The lowest BCUT2D eigenvalue weighted by atomic mass is 9.83. The number of rotatable bonds is 9. The predicted octanol–water partition coefficient (Wildman–Crippen LogP) is 2.95. The summed E-state index contributed by atoms with van der Waals surface area (Å²) in [6.45, 7) is 4.37. The molecule has 1 saturated carbocycles. The van der Waals surface area contributed by atoms with E-state index in [0.29, 0.717) is 29.7 Å². The highest BCUT2D eigenvalue weighted by atomic mass is 32.2. The van der Waals surface area contributed by atoms with Crippen molar-refractivity contribution in [2.24, 2.45) is 5.92 Å². The van der Waals surface area contributed by atoms with E-state index in [1.54, 1.807) is 12.1 Å². The number of nitrogens with zero attached hydrogens (tertiary/aromatic N) is 3. The van der Waals surface area contributed by atoms with Gasteiger partial charge >= 0.3 is 0 Å². The Morgan fingerprint density at radius 2 is 2.09 bits per heavy atom. The highest BCUT2D eigenvalue weighted by Crippen LogP contribution is 2.44. The lowest BCUT2D eigenvalue weighted by molar-refractivity contribution is 0.244. The molecule has 10 heteroatoms. The van der Waals surface area contributed by atoms with Gasteiger partial charge in [-0.25, -0.2) is 13.1 Å². The molecule has 0 aliphatic heterocycles. The van der Waals surface area contributed by atoms with Gasteiger partial charge in [-0.05, 0) is 70.5 Å². The quantitative estimate of drug-likeness (QED) is 0.518. The van der Waals surface area contributed by atoms with Crippen LogP contribution in [0.5, 0.6) is 5.75 Å². The first-order valence-electron chi connectivity index (χ1n) is 11.6. The van der Waals surface area contributed by atoms with Crippen molar-refractivity contribution in [3.63, 3.8) is 0 Å². The molecule has 1 fully saturated rings. The van der Waals surface area contributed by atoms with Gasteiger partial charge < -0.3 is 19.9 Å². The summed E-state index contributed by atoms with van der Waals surface area (Å²) in [5.41, 5.74) is 8.45. The average Bonchev–Trinajstić information content (AvgIpc) is 3.41. The fraction of sp³-hybridized carbons (Fsp3) is 0.500. The summed E-state index contributed by atoms with van der Waals surface area (Å²) < 4.78 is 39.2. The predicted molar refractivity (Wildman–Crippen MR) is 132 cm³/mol. The molecule has 34 heavy (non-hydrogen) atoms. The molecule has 2 aromatic rings. The van der Waals surface area contributed by atoms with E-state index >= 15 is 0 Å². The molecule has 1 aromatic carbocycles. The van der Waals surface area contributed by atoms with Gasteiger partial charge in [-0.15, -0.1) is 0 Å². The number of nitrogens with two attached hydrogens (primary N) is 1. The van der Waals surface area contributed by atoms with Gasteiger partial charge in [-0.3, -0.25) is 0 Å². The first-order chi connectivity index (χ1) is 16.1. The van der Waals surface area contributed by atoms with E-state index in [-0.39, 0.29) is 29.7 Å². The summed E-state index contributed by atoms with van der Waals surface area (Å²) in [7, 11) is 0.357. The molecule has 184 valence electrons. The third kappa shape index (κ3) is 5.51. The van der Waals surface area contributed by atoms with E-state index < -0.39 is 10.0 Å². The molecule has 0 radical (unpaired) electrons. The second-order valence-electron chi connectivity index (χ2n) is 9.43. The summed E-state index contributed by atoms with van der Waals surface area (Å²) in [6, 6.07) is 5.22. The number of ether oxygens (including phenoxy) is 1. The van der Waals surface area contributed by atoms with Gasteiger partial charge in [0.1, 0.15) is 5.75 Å². The Morgan fingerprint density at radius 1 is 1.29 bits per heavy atom. The lowest BCUT2D eigenvalue weighted by Crippen LogP contribution is -2.38. The molecule has 1 aromatic heterocycles. The number of nitrogens with one attached hydrogen (secondary N) is 1. The van der Waals surface area contributed by atoms with Crippen molar-refractivity contribution in [1.29, 1.82) is 0 Å². The number of hydrogen-bond acceptors (Lipinski definition) is 8. The molecule has 9 nitrogen and oxygen atoms in total. The van der Waals surface area contributed by atoms with Crippen LogP contribution >= 0.6 is 0 Å². The van der Waals surface area contributed by atoms with Crippen molar-refractivity contribution in [3.8, 4) is 17.2 Å². The molecule has 0 amide bonds. The fourth-order valence-electron chi connectivity index (χ4n) is 4.49. The van der Waals surface area contributed by atoms with E-state index in [0.717, 1.165) is 24.0 Å². The van der Waals surface area contributed by atoms with Gasteiger partial charge in [0.15, 0.2) is 5.82 Å². The van der Waals surface area contributed by atoms with Crippen LogP contribution in [0, 0.1) is 5.92 Å². The monoisotopic (exact) mass is 487 g/mol. The van der Waals surface area contributed by atoms with E-state index in [1.807, 2.05) is 51.1 Å². The molecule has 3 N–H and O–H groups in total. The first-order valence-corrected chi connectivity index (χ1v) is 13.2. The maximum atomic E-state index is 12.5. The molecule has 2 aliphatic carbocycles. The number of hydrogen-bond donors (Lipinski definition) is 2. The van der Waals surface area contributed by atoms with Crippen molar-refractivity contribution in [2.45, 2.75) is 44.8 Å². The third-order valence-electron chi connectivity index (χ3n) is 6.13. The van der Waals surface area contributed by atoms with Gasteiger partial charge in [-0.2, -0.15) is 4.98 Å². The molecule has 0 bridgehead atoms. The smallest absolute Gasteiger partial charge is 0.258 e. The molecule has 0 spiro atoms. The van der Waals surface area contributed by atoms with E-state index in [2.05, 4.69) is 20.9 Å². The average molecular weight is 488 g/mol. The summed E-state index contributed by atoms with van der Waals surface area (Å²) in [5, 5.41) is 4.24. The molecule has 2 aliphatic rings. The van der Waals surface area contributed by atoms with Crippen LogP contribution in [0.3, 0.4) is 0 Å². The van der Waals surface area contributed by atoms with Gasteiger partial charge in [0, 0.05) is 24.1 Å². The highest BCUT2D eigenvalue weighted by Gasteiger charge is 2.39. The van der Waals surface area contributed by atoms with Gasteiger partial charge in [0.2, 0.25) is 10.0 Å². The van der Waals surface area contributed by atoms with Crippen LogP contribution in [-0.2, 0) is 10.0 Å². The molecular weight excluding hydrogens is 454 g/mol. The molecule has 4 rings (SSSR count). The largest absolute Gasteiger partial charge is 0.489 e. The van der Waals surface area contributed by atoms with Gasteiger partial charge in [0.05, 0.1) is 17.5 Å². The second kappa shape index (κ2) is 9.89. The Kier molecular flexibility index (Phi) is 7.11. The summed E-state index contributed by atoms with van der Waals surface area (Å²) in [4.78, 5) is 6.51. The van der Waals surface area contributed by atoms with Crippen molar-refractivity contribution < 1.29 is 17.7 Å². The molecule has 1 heterocycles. The lowest BCUT2D eigenvalue weighted by Gasteiger charge is -2.24. The topological polar surface area (TPSA) is 124 Å². The Balaban J connectivity index is 1.48. The Bertz CT molecular complexity index is 1190. The van der Waals surface area contributed by atoms with Gasteiger partial charge in [-0.1, -0.05) is 23.4 Å². The number of benzene rings is 1. The van der Waals surface area contributed by atoms with Crippen molar-refractivity contribution in [3.05, 3.63) is 47.8 Å². The van der Waals surface area contributed by atoms with Crippen LogP contribution in [0.15, 0.2) is 46.5 Å². The Labute approximate surface area is 201 Å². The van der Waals surface area contributed by atoms with Crippen LogP contribution in [-0.4, -0.2) is 62.0 Å². The number of nitrogen functional groups attached to an aromatic ring is 1. The summed E-state index contributed by atoms with van der Waals surface area (Å²) >= 11 is 0.